The molecular weight excluding hydrogens is 328 g/mol. The number of methoxy groups -OCH3 is 1. The van der Waals surface area contributed by atoms with Crippen LogP contribution in [-0.2, 0) is 4.79 Å². The number of benzene rings is 2. The molecule has 26 heavy (non-hydrogen) atoms. The summed E-state index contributed by atoms with van der Waals surface area (Å²) in [5.74, 6) is 1.51. The Morgan fingerprint density at radius 2 is 1.54 bits per heavy atom. The van der Waals surface area contributed by atoms with Crippen molar-refractivity contribution in [2.75, 3.05) is 30.9 Å². The second-order valence-corrected chi connectivity index (χ2v) is 6.06. The minimum absolute atomic E-state index is 0.103. The molecule has 0 atom stereocenters. The molecule has 0 radical (unpaired) electrons. The monoisotopic (exact) mass is 356 g/mol. The third kappa shape index (κ3) is 7.05. The molecule has 0 bridgehead atoms. The van der Waals surface area contributed by atoms with Crippen LogP contribution < -0.4 is 20.1 Å². The summed E-state index contributed by atoms with van der Waals surface area (Å²) in [6.45, 7) is 3.12. The van der Waals surface area contributed by atoms with Gasteiger partial charge in [0.25, 0.3) is 0 Å². The number of amides is 1. The van der Waals surface area contributed by atoms with Gasteiger partial charge in [-0.25, -0.2) is 0 Å². The number of ether oxygens (including phenoxy) is 2. The molecule has 0 saturated heterocycles. The topological polar surface area (TPSA) is 59.6 Å². The van der Waals surface area contributed by atoms with E-state index in [9.17, 15) is 4.79 Å². The van der Waals surface area contributed by atoms with Gasteiger partial charge in [0.2, 0.25) is 5.91 Å². The lowest BCUT2D eigenvalue weighted by atomic mass is 10.2. The highest BCUT2D eigenvalue weighted by Crippen LogP contribution is 2.17. The second-order valence-electron chi connectivity index (χ2n) is 6.06. The second kappa shape index (κ2) is 11.0. The Labute approximate surface area is 155 Å². The summed E-state index contributed by atoms with van der Waals surface area (Å²) in [4.78, 5) is 12.0. The normalized spacial score (nSPS) is 10.2. The molecular formula is C21H28N2O3. The zero-order valence-electron chi connectivity index (χ0n) is 15.6. The number of hydrogen-bond donors (Lipinski definition) is 2. The summed E-state index contributed by atoms with van der Waals surface area (Å²) in [7, 11) is 1.62. The minimum Gasteiger partial charge on any atom is -0.497 e. The number of anilines is 2. The molecule has 0 heterocycles. The van der Waals surface area contributed by atoms with Crippen molar-refractivity contribution in [2.45, 2.75) is 32.6 Å². The lowest BCUT2D eigenvalue weighted by Gasteiger charge is -2.10. The van der Waals surface area contributed by atoms with E-state index in [0.717, 1.165) is 35.9 Å². The highest BCUT2D eigenvalue weighted by atomic mass is 16.5. The zero-order valence-corrected chi connectivity index (χ0v) is 15.6. The van der Waals surface area contributed by atoms with E-state index in [1.807, 2.05) is 48.5 Å². The van der Waals surface area contributed by atoms with Crippen molar-refractivity contribution >= 4 is 17.3 Å². The van der Waals surface area contributed by atoms with Crippen LogP contribution in [-0.4, -0.2) is 26.2 Å². The Balaban J connectivity index is 1.70. The summed E-state index contributed by atoms with van der Waals surface area (Å²) >= 11 is 0. The molecule has 1 amide bonds. The molecule has 2 aromatic carbocycles. The maximum absolute atomic E-state index is 12.0. The van der Waals surface area contributed by atoms with Crippen LogP contribution in [0.4, 0.5) is 11.4 Å². The van der Waals surface area contributed by atoms with Gasteiger partial charge in [0, 0.05) is 11.4 Å². The Kier molecular flexibility index (Phi) is 8.33. The summed E-state index contributed by atoms with van der Waals surface area (Å²) < 4.78 is 10.8. The number of unbranched alkanes of at least 4 members (excludes halogenated alkanes) is 3. The molecule has 0 aliphatic carbocycles. The fourth-order valence-electron chi connectivity index (χ4n) is 2.45. The standard InChI is InChI=1S/C21H28N2O3/c1-3-4-5-6-15-26-20-13-9-18(10-14-20)23-21(24)16-22-17-7-11-19(25-2)12-8-17/h7-14,22H,3-6,15-16H2,1-2H3,(H,23,24). The Hall–Kier alpha value is -2.69. The van der Waals surface area contributed by atoms with E-state index in [1.165, 1.54) is 19.3 Å². The first kappa shape index (κ1) is 19.6. The molecule has 0 spiro atoms. The van der Waals surface area contributed by atoms with Crippen LogP contribution in [0.25, 0.3) is 0 Å². The quantitative estimate of drug-likeness (QED) is 0.573. The van der Waals surface area contributed by atoms with Gasteiger partial charge in [-0.15, -0.1) is 0 Å². The van der Waals surface area contributed by atoms with E-state index in [0.29, 0.717) is 0 Å². The van der Waals surface area contributed by atoms with Crippen molar-refractivity contribution in [3.05, 3.63) is 48.5 Å². The molecule has 0 fully saturated rings. The van der Waals surface area contributed by atoms with Crippen molar-refractivity contribution in [3.8, 4) is 11.5 Å². The summed E-state index contributed by atoms with van der Waals surface area (Å²) in [6, 6.07) is 14.9. The maximum Gasteiger partial charge on any atom is 0.243 e. The average Bonchev–Trinajstić information content (AvgIpc) is 2.68. The van der Waals surface area contributed by atoms with E-state index < -0.39 is 0 Å². The van der Waals surface area contributed by atoms with Crippen LogP contribution in [0.1, 0.15) is 32.6 Å². The lowest BCUT2D eigenvalue weighted by molar-refractivity contribution is -0.114. The molecule has 2 aromatic rings. The van der Waals surface area contributed by atoms with Gasteiger partial charge >= 0.3 is 0 Å². The van der Waals surface area contributed by atoms with Crippen molar-refractivity contribution in [2.24, 2.45) is 0 Å². The van der Waals surface area contributed by atoms with Crippen LogP contribution in [0.5, 0.6) is 11.5 Å². The molecule has 0 aliphatic heterocycles. The molecule has 2 N–H and O–H groups in total. The first-order valence-corrected chi connectivity index (χ1v) is 9.12. The van der Waals surface area contributed by atoms with Gasteiger partial charge in [-0.1, -0.05) is 26.2 Å². The summed E-state index contributed by atoms with van der Waals surface area (Å²) in [5, 5.41) is 5.94. The minimum atomic E-state index is -0.103. The largest absolute Gasteiger partial charge is 0.497 e. The molecule has 0 aliphatic rings. The SMILES string of the molecule is CCCCCCOc1ccc(NC(=O)CNc2ccc(OC)cc2)cc1. The van der Waals surface area contributed by atoms with E-state index in [1.54, 1.807) is 7.11 Å². The summed E-state index contributed by atoms with van der Waals surface area (Å²) in [6.07, 6.45) is 4.75. The molecule has 5 nitrogen and oxygen atoms in total. The Bertz CT molecular complexity index is 654. The van der Waals surface area contributed by atoms with Crippen molar-refractivity contribution in [1.29, 1.82) is 0 Å². The van der Waals surface area contributed by atoms with Gasteiger partial charge in [-0.3, -0.25) is 4.79 Å². The molecule has 2 rings (SSSR count). The lowest BCUT2D eigenvalue weighted by Crippen LogP contribution is -2.21. The van der Waals surface area contributed by atoms with Gasteiger partial charge in [-0.2, -0.15) is 0 Å². The van der Waals surface area contributed by atoms with E-state index in [-0.39, 0.29) is 12.5 Å². The van der Waals surface area contributed by atoms with Crippen LogP contribution in [0.2, 0.25) is 0 Å². The molecule has 0 unspecified atom stereocenters. The van der Waals surface area contributed by atoms with Crippen LogP contribution in [0, 0.1) is 0 Å². The van der Waals surface area contributed by atoms with Gasteiger partial charge in [-0.05, 0) is 55.0 Å². The summed E-state index contributed by atoms with van der Waals surface area (Å²) in [5.41, 5.74) is 1.62. The van der Waals surface area contributed by atoms with Crippen LogP contribution >= 0.6 is 0 Å². The predicted molar refractivity (Wildman–Crippen MR) is 106 cm³/mol. The Morgan fingerprint density at radius 3 is 2.19 bits per heavy atom. The van der Waals surface area contributed by atoms with E-state index >= 15 is 0 Å². The average molecular weight is 356 g/mol. The zero-order chi connectivity index (χ0) is 18.6. The van der Waals surface area contributed by atoms with Crippen molar-refractivity contribution in [1.82, 2.24) is 0 Å². The van der Waals surface area contributed by atoms with Crippen molar-refractivity contribution in [3.63, 3.8) is 0 Å². The number of carbonyl (C=O) groups excluding carboxylic acids is 1. The fourth-order valence-corrected chi connectivity index (χ4v) is 2.45. The maximum atomic E-state index is 12.0. The van der Waals surface area contributed by atoms with Gasteiger partial charge in [0.15, 0.2) is 0 Å². The van der Waals surface area contributed by atoms with Crippen molar-refractivity contribution < 1.29 is 14.3 Å². The van der Waals surface area contributed by atoms with Gasteiger partial charge < -0.3 is 20.1 Å². The van der Waals surface area contributed by atoms with Crippen LogP contribution in [0.15, 0.2) is 48.5 Å². The van der Waals surface area contributed by atoms with Gasteiger partial charge in [0.1, 0.15) is 11.5 Å². The van der Waals surface area contributed by atoms with E-state index in [4.69, 9.17) is 9.47 Å². The third-order valence-electron chi connectivity index (χ3n) is 3.95. The first-order valence-electron chi connectivity index (χ1n) is 9.12. The smallest absolute Gasteiger partial charge is 0.243 e. The molecule has 140 valence electrons. The first-order chi connectivity index (χ1) is 12.7. The predicted octanol–water partition coefficient (Wildman–Crippen LogP) is 4.70. The van der Waals surface area contributed by atoms with E-state index in [2.05, 4.69) is 17.6 Å². The Morgan fingerprint density at radius 1 is 0.885 bits per heavy atom. The highest BCUT2D eigenvalue weighted by molar-refractivity contribution is 5.93. The third-order valence-corrected chi connectivity index (χ3v) is 3.95. The molecule has 5 heteroatoms. The fraction of sp³-hybridized carbons (Fsp3) is 0.381. The number of carbonyl (C=O) groups is 1. The number of hydrogen-bond acceptors (Lipinski definition) is 4. The molecule has 0 saturated carbocycles. The molecule has 0 aromatic heterocycles. The highest BCUT2D eigenvalue weighted by Gasteiger charge is 2.03. The number of nitrogens with one attached hydrogen (secondary N) is 2. The number of rotatable bonds is 11. The van der Waals surface area contributed by atoms with Gasteiger partial charge in [0.05, 0.1) is 20.3 Å². The van der Waals surface area contributed by atoms with Crippen LogP contribution in [0.3, 0.4) is 0 Å².